The number of halogens is 1. The van der Waals surface area contributed by atoms with Crippen LogP contribution in [0.25, 0.3) is 0 Å². The predicted molar refractivity (Wildman–Crippen MR) is 78.4 cm³/mol. The lowest BCUT2D eigenvalue weighted by Crippen LogP contribution is -2.31. The van der Waals surface area contributed by atoms with Gasteiger partial charge in [0, 0.05) is 3.92 Å². The first-order valence-corrected chi connectivity index (χ1v) is 7.04. The first kappa shape index (κ1) is 13.8. The molecule has 0 saturated heterocycles. The molecule has 1 N–H and O–H groups in total. The Morgan fingerprint density at radius 2 is 1.69 bits per heavy atom. The maximum Gasteiger partial charge on any atom is 0.115 e. The summed E-state index contributed by atoms with van der Waals surface area (Å²) in [4.78, 5) is 0. The van der Waals surface area contributed by atoms with E-state index in [1.165, 1.54) is 5.56 Å². The highest BCUT2D eigenvalue weighted by atomic mass is 127. The van der Waals surface area contributed by atoms with Crippen molar-refractivity contribution in [1.29, 1.82) is 0 Å². The highest BCUT2D eigenvalue weighted by molar-refractivity contribution is 14.1. The largest absolute Gasteiger partial charge is 0.508 e. The second-order valence-electron chi connectivity index (χ2n) is 5.10. The van der Waals surface area contributed by atoms with Gasteiger partial charge < -0.3 is 5.11 Å². The van der Waals surface area contributed by atoms with E-state index in [2.05, 4.69) is 50.3 Å². The molecule has 2 atom stereocenters. The van der Waals surface area contributed by atoms with Crippen molar-refractivity contribution >= 4 is 22.6 Å². The summed E-state index contributed by atoms with van der Waals surface area (Å²) in [5.74, 6) is 0.937. The van der Waals surface area contributed by atoms with Crippen molar-refractivity contribution in [2.24, 2.45) is 5.92 Å². The molecular formula is C14H21IO. The van der Waals surface area contributed by atoms with Crippen molar-refractivity contribution in [2.75, 3.05) is 0 Å². The van der Waals surface area contributed by atoms with E-state index in [0.717, 1.165) is 6.42 Å². The maximum atomic E-state index is 9.34. The molecule has 1 rings (SSSR count). The highest BCUT2D eigenvalue weighted by Gasteiger charge is 2.31. The summed E-state index contributed by atoms with van der Waals surface area (Å²) >= 11 is 2.49. The van der Waals surface area contributed by atoms with E-state index in [1.807, 2.05) is 12.1 Å². The Balaban J connectivity index is 3.06. The predicted octanol–water partition coefficient (Wildman–Crippen LogP) is 4.52. The second kappa shape index (κ2) is 5.39. The highest BCUT2D eigenvalue weighted by Crippen LogP contribution is 2.38. The van der Waals surface area contributed by atoms with Gasteiger partial charge in [-0.3, -0.25) is 0 Å². The molecule has 0 saturated carbocycles. The van der Waals surface area contributed by atoms with Crippen LogP contribution in [0.1, 0.15) is 39.7 Å². The summed E-state index contributed by atoms with van der Waals surface area (Å²) in [6.45, 7) is 9.11. The van der Waals surface area contributed by atoms with E-state index in [-0.39, 0.29) is 5.41 Å². The SMILES string of the molecule is CC(I)CC(C)(c1ccc(O)cc1)C(C)C. The minimum Gasteiger partial charge on any atom is -0.508 e. The quantitative estimate of drug-likeness (QED) is 0.635. The van der Waals surface area contributed by atoms with Crippen LogP contribution in [0, 0.1) is 5.92 Å². The zero-order valence-corrected chi connectivity index (χ0v) is 12.7. The normalized spacial score (nSPS) is 17.1. The summed E-state index contributed by atoms with van der Waals surface area (Å²) in [6.07, 6.45) is 1.16. The van der Waals surface area contributed by atoms with Crippen LogP contribution in [0.4, 0.5) is 0 Å². The minimum atomic E-state index is 0.189. The number of rotatable bonds is 4. The van der Waals surface area contributed by atoms with E-state index >= 15 is 0 Å². The van der Waals surface area contributed by atoms with Crippen LogP contribution in [0.15, 0.2) is 24.3 Å². The number of phenols is 1. The van der Waals surface area contributed by atoms with Crippen molar-refractivity contribution < 1.29 is 5.11 Å². The third-order valence-corrected chi connectivity index (χ3v) is 3.95. The molecule has 0 spiro atoms. The molecule has 2 unspecified atom stereocenters. The van der Waals surface area contributed by atoms with Crippen LogP contribution in [-0.4, -0.2) is 9.03 Å². The summed E-state index contributed by atoms with van der Waals surface area (Å²) in [6, 6.07) is 7.67. The van der Waals surface area contributed by atoms with Gasteiger partial charge in [-0.25, -0.2) is 0 Å². The average Bonchev–Trinajstić information content (AvgIpc) is 2.17. The van der Waals surface area contributed by atoms with E-state index in [4.69, 9.17) is 0 Å². The molecule has 0 amide bonds. The number of benzene rings is 1. The fourth-order valence-corrected chi connectivity index (χ4v) is 3.03. The van der Waals surface area contributed by atoms with Gasteiger partial charge in [0.2, 0.25) is 0 Å². The van der Waals surface area contributed by atoms with Crippen molar-refractivity contribution in [3.05, 3.63) is 29.8 Å². The molecule has 0 bridgehead atoms. The van der Waals surface area contributed by atoms with E-state index < -0.39 is 0 Å². The van der Waals surface area contributed by atoms with Crippen LogP contribution in [0.3, 0.4) is 0 Å². The zero-order valence-electron chi connectivity index (χ0n) is 10.5. The average molecular weight is 332 g/mol. The van der Waals surface area contributed by atoms with Crippen LogP contribution >= 0.6 is 22.6 Å². The van der Waals surface area contributed by atoms with Gasteiger partial charge in [0.1, 0.15) is 5.75 Å². The van der Waals surface area contributed by atoms with Crippen LogP contribution in [0.5, 0.6) is 5.75 Å². The van der Waals surface area contributed by atoms with Crippen molar-refractivity contribution in [2.45, 2.75) is 43.5 Å². The molecule has 90 valence electrons. The van der Waals surface area contributed by atoms with Gasteiger partial charge in [-0.2, -0.15) is 0 Å². The molecule has 0 aliphatic carbocycles. The van der Waals surface area contributed by atoms with Gasteiger partial charge in [0.15, 0.2) is 0 Å². The Bertz CT molecular complexity index is 329. The Morgan fingerprint density at radius 1 is 1.19 bits per heavy atom. The molecule has 1 aromatic carbocycles. The Kier molecular flexibility index (Phi) is 4.65. The number of phenolic OH excluding ortho intramolecular Hbond substituents is 1. The van der Waals surface area contributed by atoms with Crippen molar-refractivity contribution in [3.8, 4) is 5.75 Å². The summed E-state index contributed by atoms with van der Waals surface area (Å²) < 4.78 is 0.652. The standard InChI is InChI=1S/C14H21IO/c1-10(2)14(4,9-11(3)15)12-5-7-13(16)8-6-12/h5-8,10-11,16H,9H2,1-4H3. The van der Waals surface area contributed by atoms with E-state index in [1.54, 1.807) is 12.1 Å². The summed E-state index contributed by atoms with van der Waals surface area (Å²) in [5.41, 5.74) is 1.51. The molecule has 1 nitrogen and oxygen atoms in total. The molecule has 0 aliphatic heterocycles. The van der Waals surface area contributed by atoms with E-state index in [0.29, 0.717) is 15.6 Å². The lowest BCUT2D eigenvalue weighted by Gasteiger charge is -2.35. The molecular weight excluding hydrogens is 311 g/mol. The maximum absolute atomic E-state index is 9.34. The fourth-order valence-electron chi connectivity index (χ4n) is 2.11. The number of aromatic hydroxyl groups is 1. The Hall–Kier alpha value is -0.250. The summed E-state index contributed by atoms with van der Waals surface area (Å²) in [5, 5.41) is 9.34. The first-order valence-electron chi connectivity index (χ1n) is 5.80. The van der Waals surface area contributed by atoms with Crippen molar-refractivity contribution in [3.63, 3.8) is 0 Å². The fraction of sp³-hybridized carbons (Fsp3) is 0.571. The molecule has 2 heteroatoms. The van der Waals surface area contributed by atoms with Crippen LogP contribution in [0.2, 0.25) is 0 Å². The number of hydrogen-bond acceptors (Lipinski definition) is 1. The van der Waals surface area contributed by atoms with Gasteiger partial charge in [-0.1, -0.05) is 62.4 Å². The van der Waals surface area contributed by atoms with Gasteiger partial charge >= 0.3 is 0 Å². The Labute approximate surface area is 112 Å². The Morgan fingerprint density at radius 3 is 2.06 bits per heavy atom. The molecule has 0 aromatic heterocycles. The zero-order chi connectivity index (χ0) is 12.3. The third kappa shape index (κ3) is 3.12. The first-order chi connectivity index (χ1) is 7.36. The molecule has 0 aliphatic rings. The third-order valence-electron chi connectivity index (χ3n) is 3.51. The number of alkyl halides is 1. The van der Waals surface area contributed by atoms with Gasteiger partial charge in [0.05, 0.1) is 0 Å². The molecule has 0 heterocycles. The van der Waals surface area contributed by atoms with Crippen LogP contribution in [-0.2, 0) is 5.41 Å². The van der Waals surface area contributed by atoms with Gasteiger partial charge in [-0.05, 0) is 35.4 Å². The van der Waals surface area contributed by atoms with Gasteiger partial charge in [0.25, 0.3) is 0 Å². The molecule has 0 fully saturated rings. The monoisotopic (exact) mass is 332 g/mol. The summed E-state index contributed by atoms with van der Waals surface area (Å²) in [7, 11) is 0. The lowest BCUT2D eigenvalue weighted by molar-refractivity contribution is 0.316. The van der Waals surface area contributed by atoms with E-state index in [9.17, 15) is 5.11 Å². The van der Waals surface area contributed by atoms with Crippen molar-refractivity contribution in [1.82, 2.24) is 0 Å². The topological polar surface area (TPSA) is 20.2 Å². The minimum absolute atomic E-state index is 0.189. The lowest BCUT2D eigenvalue weighted by atomic mass is 9.70. The number of hydrogen-bond donors (Lipinski definition) is 1. The molecule has 16 heavy (non-hydrogen) atoms. The second-order valence-corrected chi connectivity index (χ2v) is 7.23. The van der Waals surface area contributed by atoms with Crippen LogP contribution < -0.4 is 0 Å². The van der Waals surface area contributed by atoms with Gasteiger partial charge in [-0.15, -0.1) is 0 Å². The smallest absolute Gasteiger partial charge is 0.115 e. The molecule has 1 aromatic rings. The molecule has 0 radical (unpaired) electrons.